The second kappa shape index (κ2) is 10.3. The van der Waals surface area contributed by atoms with Gasteiger partial charge in [-0.3, -0.25) is 23.7 Å². The van der Waals surface area contributed by atoms with Crippen LogP contribution >= 0.6 is 0 Å². The van der Waals surface area contributed by atoms with Gasteiger partial charge in [0.1, 0.15) is 12.3 Å². The van der Waals surface area contributed by atoms with E-state index in [1.807, 2.05) is 30.3 Å². The van der Waals surface area contributed by atoms with Crippen LogP contribution in [-0.2, 0) is 18.4 Å². The fraction of sp³-hybridized carbons (Fsp3) is 0.310. The molecule has 1 aliphatic rings. The van der Waals surface area contributed by atoms with Crippen LogP contribution in [0, 0.1) is 6.92 Å². The van der Waals surface area contributed by atoms with E-state index < -0.39 is 6.61 Å². The molecule has 1 saturated heterocycles. The number of ketones is 1. The maximum atomic E-state index is 13.8. The number of carbonyl (C=O) groups excluding carboxylic acids is 3. The van der Waals surface area contributed by atoms with E-state index >= 15 is 0 Å². The van der Waals surface area contributed by atoms with Gasteiger partial charge in [-0.25, -0.2) is 0 Å². The molecule has 0 radical (unpaired) electrons. The summed E-state index contributed by atoms with van der Waals surface area (Å²) in [6.07, 6.45) is 1.16. The number of carbonyl (C=O) groups is 3. The van der Waals surface area contributed by atoms with Crippen molar-refractivity contribution in [1.29, 1.82) is 0 Å². The fourth-order valence-corrected chi connectivity index (χ4v) is 5.52. The van der Waals surface area contributed by atoms with Gasteiger partial charge in [0.2, 0.25) is 5.91 Å². The zero-order chi connectivity index (χ0) is 27.0. The number of likely N-dealkylation sites (tertiary alicyclic amines) is 1. The number of nitrogens with one attached hydrogen (secondary N) is 1. The Bertz CT molecular complexity index is 1610. The number of hydrogen-bond donors (Lipinski definition) is 2. The number of hydrogen-bond acceptors (Lipinski definition) is 5. The van der Waals surface area contributed by atoms with Crippen LogP contribution in [0.2, 0.25) is 0 Å². The SMILES string of the molecule is Cc1c(C(=O)NC2CCN(C(=O)CO)CC2)n(C)c2c1c(=O)n(CC(=O)c1ccccc1)c1ccccc21. The van der Waals surface area contributed by atoms with Crippen molar-refractivity contribution in [2.45, 2.75) is 32.4 Å². The molecule has 2 aromatic heterocycles. The van der Waals surface area contributed by atoms with Gasteiger partial charge in [-0.15, -0.1) is 0 Å². The molecule has 5 rings (SSSR count). The molecule has 38 heavy (non-hydrogen) atoms. The number of aryl methyl sites for hydroxylation is 2. The molecule has 0 unspecified atom stereocenters. The van der Waals surface area contributed by atoms with Gasteiger partial charge in [0.15, 0.2) is 5.78 Å². The average Bonchev–Trinajstić information content (AvgIpc) is 3.21. The lowest BCUT2D eigenvalue weighted by atomic mass is 10.0. The van der Waals surface area contributed by atoms with E-state index in [0.29, 0.717) is 59.2 Å². The second-order valence-electron chi connectivity index (χ2n) is 9.74. The molecule has 9 heteroatoms. The summed E-state index contributed by atoms with van der Waals surface area (Å²) in [5.41, 5.74) is 2.45. The van der Waals surface area contributed by atoms with Crippen molar-refractivity contribution in [1.82, 2.24) is 19.4 Å². The molecule has 2 aromatic carbocycles. The molecule has 1 aliphatic heterocycles. The third-order valence-electron chi connectivity index (χ3n) is 7.48. The van der Waals surface area contributed by atoms with Crippen molar-refractivity contribution in [3.63, 3.8) is 0 Å². The lowest BCUT2D eigenvalue weighted by molar-refractivity contribution is -0.135. The van der Waals surface area contributed by atoms with Crippen LogP contribution < -0.4 is 10.9 Å². The van der Waals surface area contributed by atoms with Crippen LogP contribution in [0.15, 0.2) is 59.4 Å². The normalized spacial score (nSPS) is 14.2. The molecular weight excluding hydrogens is 484 g/mol. The number of aromatic nitrogens is 2. The summed E-state index contributed by atoms with van der Waals surface area (Å²) in [7, 11) is 1.78. The lowest BCUT2D eigenvalue weighted by Gasteiger charge is -2.32. The molecule has 2 amide bonds. The van der Waals surface area contributed by atoms with Gasteiger partial charge in [0.25, 0.3) is 11.5 Å². The minimum atomic E-state index is -0.519. The van der Waals surface area contributed by atoms with Gasteiger partial charge in [0.05, 0.1) is 23.0 Å². The predicted octanol–water partition coefficient (Wildman–Crippen LogP) is 2.40. The quantitative estimate of drug-likeness (QED) is 0.384. The number of aliphatic hydroxyl groups is 1. The van der Waals surface area contributed by atoms with Crippen LogP contribution in [-0.4, -0.2) is 62.5 Å². The summed E-state index contributed by atoms with van der Waals surface area (Å²) >= 11 is 0. The summed E-state index contributed by atoms with van der Waals surface area (Å²) in [5.74, 6) is -0.772. The van der Waals surface area contributed by atoms with Crippen molar-refractivity contribution in [2.24, 2.45) is 7.05 Å². The van der Waals surface area contributed by atoms with Crippen LogP contribution in [0.5, 0.6) is 0 Å². The lowest BCUT2D eigenvalue weighted by Crippen LogP contribution is -2.47. The van der Waals surface area contributed by atoms with Gasteiger partial charge >= 0.3 is 0 Å². The molecule has 0 bridgehead atoms. The Balaban J connectivity index is 1.53. The van der Waals surface area contributed by atoms with Crippen LogP contribution in [0.25, 0.3) is 21.8 Å². The molecule has 1 fully saturated rings. The Morgan fingerprint density at radius 3 is 2.34 bits per heavy atom. The highest BCUT2D eigenvalue weighted by atomic mass is 16.3. The number of amides is 2. The molecular formula is C29H30N4O5. The van der Waals surface area contributed by atoms with Crippen molar-refractivity contribution in [2.75, 3.05) is 19.7 Å². The van der Waals surface area contributed by atoms with E-state index in [9.17, 15) is 19.2 Å². The van der Waals surface area contributed by atoms with Crippen molar-refractivity contribution in [3.8, 4) is 0 Å². The molecule has 0 atom stereocenters. The maximum Gasteiger partial charge on any atom is 0.268 e. The largest absolute Gasteiger partial charge is 0.387 e. The average molecular weight is 515 g/mol. The van der Waals surface area contributed by atoms with Gasteiger partial charge in [-0.05, 0) is 31.4 Å². The van der Waals surface area contributed by atoms with Gasteiger partial charge in [-0.2, -0.15) is 0 Å². The molecule has 0 spiro atoms. The van der Waals surface area contributed by atoms with Gasteiger partial charge in [-0.1, -0.05) is 48.5 Å². The third kappa shape index (κ3) is 4.39. The molecule has 9 nitrogen and oxygen atoms in total. The number of aliphatic hydroxyl groups excluding tert-OH is 1. The molecule has 196 valence electrons. The monoisotopic (exact) mass is 514 g/mol. The minimum absolute atomic E-state index is 0.111. The number of benzene rings is 2. The van der Waals surface area contributed by atoms with Crippen LogP contribution in [0.1, 0.15) is 39.3 Å². The zero-order valence-electron chi connectivity index (χ0n) is 21.4. The smallest absolute Gasteiger partial charge is 0.268 e. The Hall–Kier alpha value is -4.24. The molecule has 3 heterocycles. The van der Waals surface area contributed by atoms with Crippen molar-refractivity contribution in [3.05, 3.63) is 81.8 Å². The first-order chi connectivity index (χ1) is 18.3. The number of para-hydroxylation sites is 1. The molecule has 4 aromatic rings. The summed E-state index contributed by atoms with van der Waals surface area (Å²) in [5, 5.41) is 13.4. The molecule has 0 aliphatic carbocycles. The van der Waals surface area contributed by atoms with Gasteiger partial charge in [0, 0.05) is 37.1 Å². The van der Waals surface area contributed by atoms with E-state index in [2.05, 4.69) is 5.32 Å². The fourth-order valence-electron chi connectivity index (χ4n) is 5.52. The standard InChI is InChI=1S/C29H30N4O5/c1-18-25-27(31(2)26(18)28(37)30-20-12-14-32(15-13-20)24(36)17-34)21-10-6-7-11-22(21)33(29(25)38)16-23(35)19-8-4-3-5-9-19/h3-11,20,34H,12-17H2,1-2H3,(H,30,37). The Morgan fingerprint density at radius 2 is 1.66 bits per heavy atom. The second-order valence-corrected chi connectivity index (χ2v) is 9.74. The topological polar surface area (TPSA) is 114 Å². The maximum absolute atomic E-state index is 13.8. The van der Waals surface area contributed by atoms with E-state index in [1.54, 1.807) is 47.7 Å². The molecule has 0 saturated carbocycles. The number of rotatable bonds is 6. The summed E-state index contributed by atoms with van der Waals surface area (Å²) in [6, 6.07) is 16.2. The highest BCUT2D eigenvalue weighted by molar-refractivity contribution is 6.10. The Kier molecular flexibility index (Phi) is 6.86. The van der Waals surface area contributed by atoms with E-state index in [-0.39, 0.29) is 35.7 Å². The third-order valence-corrected chi connectivity index (χ3v) is 7.48. The number of fused-ring (bicyclic) bond motifs is 3. The Morgan fingerprint density at radius 1 is 1.00 bits per heavy atom. The summed E-state index contributed by atoms with van der Waals surface area (Å²) in [4.78, 5) is 53.7. The summed E-state index contributed by atoms with van der Waals surface area (Å²) in [6.45, 7) is 2.06. The highest BCUT2D eigenvalue weighted by Gasteiger charge is 2.28. The number of pyridine rings is 1. The summed E-state index contributed by atoms with van der Waals surface area (Å²) < 4.78 is 3.26. The first kappa shape index (κ1) is 25.4. The highest BCUT2D eigenvalue weighted by Crippen LogP contribution is 2.29. The number of nitrogens with zero attached hydrogens (tertiary/aromatic N) is 3. The van der Waals surface area contributed by atoms with Crippen LogP contribution in [0.4, 0.5) is 0 Å². The zero-order valence-corrected chi connectivity index (χ0v) is 21.4. The number of piperidine rings is 1. The van der Waals surface area contributed by atoms with Crippen LogP contribution in [0.3, 0.4) is 0 Å². The Labute approximate surface area is 219 Å². The first-order valence-electron chi connectivity index (χ1n) is 12.7. The van der Waals surface area contributed by atoms with E-state index in [1.165, 1.54) is 4.57 Å². The molecule has 2 N–H and O–H groups in total. The predicted molar refractivity (Wildman–Crippen MR) is 144 cm³/mol. The van der Waals surface area contributed by atoms with Crippen molar-refractivity contribution < 1.29 is 19.5 Å². The number of Topliss-reactive ketones (excluding diaryl/α,β-unsaturated/α-hetero) is 1. The minimum Gasteiger partial charge on any atom is -0.387 e. The van der Waals surface area contributed by atoms with Gasteiger partial charge < -0.3 is 19.9 Å². The van der Waals surface area contributed by atoms with E-state index in [0.717, 1.165) is 5.39 Å². The van der Waals surface area contributed by atoms with E-state index in [4.69, 9.17) is 5.11 Å². The first-order valence-corrected chi connectivity index (χ1v) is 12.7. The van der Waals surface area contributed by atoms with Crippen molar-refractivity contribution >= 4 is 39.4 Å².